The Labute approximate surface area is 77.5 Å². The van der Waals surface area contributed by atoms with Crippen molar-refractivity contribution >= 4 is 0 Å². The highest BCUT2D eigenvalue weighted by molar-refractivity contribution is 5.37. The number of para-hydroxylation sites is 1. The Hall–Kier alpha value is -1.06. The van der Waals surface area contributed by atoms with Crippen LogP contribution < -0.4 is 10.5 Å². The van der Waals surface area contributed by atoms with Crippen molar-refractivity contribution in [1.82, 2.24) is 0 Å². The normalized spacial score (nSPS) is 26.3. The molecule has 0 spiro atoms. The van der Waals surface area contributed by atoms with Crippen LogP contribution in [0.4, 0.5) is 0 Å². The highest BCUT2D eigenvalue weighted by Gasteiger charge is 2.27. The molecule has 3 heteroatoms. The van der Waals surface area contributed by atoms with E-state index in [9.17, 15) is 0 Å². The second-order valence-corrected chi connectivity index (χ2v) is 3.17. The van der Waals surface area contributed by atoms with E-state index < -0.39 is 0 Å². The molecule has 1 aliphatic heterocycles. The zero-order valence-corrected chi connectivity index (χ0v) is 7.57. The second-order valence-electron chi connectivity index (χ2n) is 3.17. The molecule has 3 nitrogen and oxygen atoms in total. The van der Waals surface area contributed by atoms with E-state index in [1.807, 2.05) is 24.3 Å². The van der Waals surface area contributed by atoms with E-state index in [-0.39, 0.29) is 12.1 Å². The van der Waals surface area contributed by atoms with Gasteiger partial charge in [-0.1, -0.05) is 18.2 Å². The Morgan fingerprint density at radius 3 is 3.00 bits per heavy atom. The smallest absolute Gasteiger partial charge is 0.125 e. The maximum atomic E-state index is 5.85. The zero-order valence-electron chi connectivity index (χ0n) is 7.57. The SMILES string of the molecule is CO[C@@H]1c2ccccc2OC[C@H]1N. The van der Waals surface area contributed by atoms with Crippen LogP contribution in [0.3, 0.4) is 0 Å². The molecule has 0 amide bonds. The van der Waals surface area contributed by atoms with Crippen LogP contribution in [0.15, 0.2) is 24.3 Å². The van der Waals surface area contributed by atoms with E-state index in [1.54, 1.807) is 7.11 Å². The molecular formula is C10H13NO2. The number of hydrogen-bond donors (Lipinski definition) is 1. The van der Waals surface area contributed by atoms with Crippen molar-refractivity contribution in [3.05, 3.63) is 29.8 Å². The molecule has 1 aromatic rings. The minimum Gasteiger partial charge on any atom is -0.491 e. The fourth-order valence-electron chi connectivity index (χ4n) is 1.65. The van der Waals surface area contributed by atoms with Crippen molar-refractivity contribution in [2.24, 2.45) is 5.73 Å². The van der Waals surface area contributed by atoms with Gasteiger partial charge in [0.1, 0.15) is 18.5 Å². The van der Waals surface area contributed by atoms with Gasteiger partial charge in [-0.3, -0.25) is 0 Å². The molecule has 1 aliphatic rings. The topological polar surface area (TPSA) is 44.5 Å². The van der Waals surface area contributed by atoms with Gasteiger partial charge in [-0.2, -0.15) is 0 Å². The molecule has 13 heavy (non-hydrogen) atoms. The summed E-state index contributed by atoms with van der Waals surface area (Å²) in [5.41, 5.74) is 6.90. The van der Waals surface area contributed by atoms with Crippen molar-refractivity contribution in [2.45, 2.75) is 12.1 Å². The molecular weight excluding hydrogens is 166 g/mol. The maximum Gasteiger partial charge on any atom is 0.125 e. The first-order valence-electron chi connectivity index (χ1n) is 4.33. The van der Waals surface area contributed by atoms with Crippen molar-refractivity contribution in [1.29, 1.82) is 0 Å². The monoisotopic (exact) mass is 179 g/mol. The summed E-state index contributed by atoms with van der Waals surface area (Å²) in [5, 5.41) is 0. The summed E-state index contributed by atoms with van der Waals surface area (Å²) < 4.78 is 10.8. The summed E-state index contributed by atoms with van der Waals surface area (Å²) in [4.78, 5) is 0. The molecule has 2 N–H and O–H groups in total. The van der Waals surface area contributed by atoms with E-state index in [1.165, 1.54) is 0 Å². The van der Waals surface area contributed by atoms with Crippen molar-refractivity contribution in [2.75, 3.05) is 13.7 Å². The Balaban J connectivity index is 2.39. The molecule has 0 unspecified atom stereocenters. The third-order valence-electron chi connectivity index (χ3n) is 2.30. The molecule has 0 aliphatic carbocycles. The molecule has 2 rings (SSSR count). The minimum atomic E-state index is -0.0695. The van der Waals surface area contributed by atoms with E-state index >= 15 is 0 Å². The number of methoxy groups -OCH3 is 1. The van der Waals surface area contributed by atoms with Crippen LogP contribution in [-0.2, 0) is 4.74 Å². The highest BCUT2D eigenvalue weighted by Crippen LogP contribution is 2.32. The van der Waals surface area contributed by atoms with Crippen molar-refractivity contribution in [3.8, 4) is 5.75 Å². The summed E-state index contributed by atoms with van der Waals surface area (Å²) in [5.74, 6) is 0.885. The van der Waals surface area contributed by atoms with Crippen LogP contribution in [0.1, 0.15) is 11.7 Å². The fourth-order valence-corrected chi connectivity index (χ4v) is 1.65. The second kappa shape index (κ2) is 3.36. The molecule has 70 valence electrons. The first-order chi connectivity index (χ1) is 6.33. The minimum absolute atomic E-state index is 0.0371. The molecule has 0 bridgehead atoms. The summed E-state index contributed by atoms with van der Waals surface area (Å²) in [6.45, 7) is 0.523. The third-order valence-corrected chi connectivity index (χ3v) is 2.30. The number of hydrogen-bond acceptors (Lipinski definition) is 3. The van der Waals surface area contributed by atoms with E-state index in [0.29, 0.717) is 6.61 Å². The summed E-state index contributed by atoms with van der Waals surface area (Å²) >= 11 is 0. The quantitative estimate of drug-likeness (QED) is 0.702. The number of nitrogens with two attached hydrogens (primary N) is 1. The summed E-state index contributed by atoms with van der Waals surface area (Å²) in [7, 11) is 1.67. The van der Waals surface area contributed by atoms with Gasteiger partial charge in [0.15, 0.2) is 0 Å². The van der Waals surface area contributed by atoms with Gasteiger partial charge in [0, 0.05) is 12.7 Å². The lowest BCUT2D eigenvalue weighted by atomic mass is 10.00. The number of ether oxygens (including phenoxy) is 2. The van der Waals surface area contributed by atoms with Gasteiger partial charge in [0.25, 0.3) is 0 Å². The van der Waals surface area contributed by atoms with Crippen LogP contribution in [0.5, 0.6) is 5.75 Å². The van der Waals surface area contributed by atoms with Gasteiger partial charge in [-0.15, -0.1) is 0 Å². The van der Waals surface area contributed by atoms with E-state index in [0.717, 1.165) is 11.3 Å². The first-order valence-corrected chi connectivity index (χ1v) is 4.33. The average molecular weight is 179 g/mol. The predicted molar refractivity (Wildman–Crippen MR) is 49.7 cm³/mol. The molecule has 0 radical (unpaired) electrons. The van der Waals surface area contributed by atoms with Gasteiger partial charge < -0.3 is 15.2 Å². The Bertz CT molecular complexity index is 301. The van der Waals surface area contributed by atoms with Gasteiger partial charge in [-0.05, 0) is 6.07 Å². The Morgan fingerprint density at radius 1 is 1.46 bits per heavy atom. The maximum absolute atomic E-state index is 5.85. The van der Waals surface area contributed by atoms with Gasteiger partial charge >= 0.3 is 0 Å². The zero-order chi connectivity index (χ0) is 9.26. The van der Waals surface area contributed by atoms with Crippen molar-refractivity contribution < 1.29 is 9.47 Å². The van der Waals surface area contributed by atoms with Crippen LogP contribution in [-0.4, -0.2) is 19.8 Å². The molecule has 1 aromatic carbocycles. The molecule has 0 saturated heterocycles. The third kappa shape index (κ3) is 1.41. The van der Waals surface area contributed by atoms with Gasteiger partial charge in [-0.25, -0.2) is 0 Å². The number of benzene rings is 1. The summed E-state index contributed by atoms with van der Waals surface area (Å²) in [6.07, 6.45) is -0.0371. The predicted octanol–water partition coefficient (Wildman–Crippen LogP) is 1.09. The van der Waals surface area contributed by atoms with Crippen LogP contribution in [0, 0.1) is 0 Å². The first kappa shape index (κ1) is 8.53. The average Bonchev–Trinajstić information content (AvgIpc) is 2.18. The lowest BCUT2D eigenvalue weighted by molar-refractivity contribution is 0.0454. The van der Waals surface area contributed by atoms with Crippen LogP contribution in [0.2, 0.25) is 0 Å². The van der Waals surface area contributed by atoms with Crippen LogP contribution in [0.25, 0.3) is 0 Å². The van der Waals surface area contributed by atoms with E-state index in [4.69, 9.17) is 15.2 Å². The summed E-state index contributed by atoms with van der Waals surface area (Å²) in [6, 6.07) is 7.77. The lowest BCUT2D eigenvalue weighted by Crippen LogP contribution is -2.38. The Morgan fingerprint density at radius 2 is 2.23 bits per heavy atom. The fraction of sp³-hybridized carbons (Fsp3) is 0.400. The van der Waals surface area contributed by atoms with Crippen molar-refractivity contribution in [3.63, 3.8) is 0 Å². The van der Waals surface area contributed by atoms with Gasteiger partial charge in [0.05, 0.1) is 6.04 Å². The van der Waals surface area contributed by atoms with Gasteiger partial charge in [0.2, 0.25) is 0 Å². The standard InChI is InChI=1S/C10H13NO2/c1-12-10-7-4-2-3-5-9(7)13-6-8(10)11/h2-5,8,10H,6,11H2,1H3/t8-,10-/m1/s1. The molecule has 0 aromatic heterocycles. The molecule has 0 fully saturated rings. The molecule has 1 heterocycles. The molecule has 2 atom stereocenters. The lowest BCUT2D eigenvalue weighted by Gasteiger charge is -2.29. The highest BCUT2D eigenvalue weighted by atomic mass is 16.5. The Kier molecular flexibility index (Phi) is 2.20. The van der Waals surface area contributed by atoms with Crippen LogP contribution >= 0.6 is 0 Å². The van der Waals surface area contributed by atoms with E-state index in [2.05, 4.69) is 0 Å². The number of rotatable bonds is 1. The largest absolute Gasteiger partial charge is 0.491 e. The number of fused-ring (bicyclic) bond motifs is 1. The molecule has 0 saturated carbocycles.